The maximum Gasteiger partial charge on any atom is 0.272 e. The van der Waals surface area contributed by atoms with Crippen LogP contribution in [0.3, 0.4) is 0 Å². The summed E-state index contributed by atoms with van der Waals surface area (Å²) in [4.78, 5) is 16.8. The molecule has 4 heteroatoms. The summed E-state index contributed by atoms with van der Waals surface area (Å²) in [6, 6.07) is 2.66. The Morgan fingerprint density at radius 3 is 2.67 bits per heavy atom. The summed E-state index contributed by atoms with van der Waals surface area (Å²) < 4.78 is 0. The second-order valence-corrected chi connectivity index (χ2v) is 6.82. The zero-order valence-electron chi connectivity index (χ0n) is 13.0. The highest BCUT2D eigenvalue weighted by Gasteiger charge is 2.27. The highest BCUT2D eigenvalue weighted by Crippen LogP contribution is 2.41. The van der Waals surface area contributed by atoms with Crippen LogP contribution in [0.15, 0.2) is 12.3 Å². The second-order valence-electron chi connectivity index (χ2n) is 6.82. The highest BCUT2D eigenvalue weighted by atomic mass is 16.1. The van der Waals surface area contributed by atoms with Gasteiger partial charge in [-0.25, -0.2) is 4.98 Å². The third kappa shape index (κ3) is 3.55. The molecule has 0 atom stereocenters. The minimum absolute atomic E-state index is 0.0622. The zero-order valence-corrected chi connectivity index (χ0v) is 13.0. The van der Waals surface area contributed by atoms with E-state index >= 15 is 0 Å². The van der Waals surface area contributed by atoms with E-state index in [9.17, 15) is 4.79 Å². The molecule has 0 bridgehead atoms. The molecular weight excluding hydrogens is 262 g/mol. The Balaban J connectivity index is 1.77. The summed E-state index contributed by atoms with van der Waals surface area (Å²) in [5.74, 6) is 1.04. The van der Waals surface area contributed by atoms with Gasteiger partial charge in [-0.1, -0.05) is 13.8 Å². The van der Waals surface area contributed by atoms with Crippen LogP contribution in [0.1, 0.15) is 67.9 Å². The second kappa shape index (κ2) is 6.04. The molecule has 0 spiro atoms. The van der Waals surface area contributed by atoms with Crippen molar-refractivity contribution in [2.45, 2.75) is 57.9 Å². The molecule has 21 heavy (non-hydrogen) atoms. The molecule has 114 valence electrons. The van der Waals surface area contributed by atoms with Crippen molar-refractivity contribution in [3.63, 3.8) is 0 Å². The van der Waals surface area contributed by atoms with Gasteiger partial charge in [0.25, 0.3) is 5.91 Å². The van der Waals surface area contributed by atoms with E-state index in [1.807, 2.05) is 6.20 Å². The van der Waals surface area contributed by atoms with E-state index < -0.39 is 0 Å². The summed E-state index contributed by atoms with van der Waals surface area (Å²) in [5.41, 5.74) is 2.74. The van der Waals surface area contributed by atoms with E-state index in [0.29, 0.717) is 30.1 Å². The number of carbonyl (C=O) groups is 1. The lowest BCUT2D eigenvalue weighted by Gasteiger charge is -2.28. The number of carbonyl (C=O) groups excluding carboxylic acids is 1. The molecule has 2 fully saturated rings. The van der Waals surface area contributed by atoms with Gasteiger partial charge in [0, 0.05) is 18.8 Å². The van der Waals surface area contributed by atoms with Crippen molar-refractivity contribution in [1.82, 2.24) is 10.3 Å². The fourth-order valence-corrected chi connectivity index (χ4v) is 2.56. The first-order valence-corrected chi connectivity index (χ1v) is 8.18. The molecule has 0 radical (unpaired) electrons. The third-order valence-electron chi connectivity index (χ3n) is 4.31. The van der Waals surface area contributed by atoms with Gasteiger partial charge in [-0.2, -0.15) is 0 Å². The third-order valence-corrected chi connectivity index (χ3v) is 4.31. The average molecular weight is 287 g/mol. The number of aromatic nitrogens is 1. The number of nitrogens with one attached hydrogen (secondary N) is 2. The van der Waals surface area contributed by atoms with Gasteiger partial charge in [0.2, 0.25) is 0 Å². The Bertz CT molecular complexity index is 519. The van der Waals surface area contributed by atoms with Crippen LogP contribution in [0.4, 0.5) is 5.69 Å². The smallest absolute Gasteiger partial charge is 0.272 e. The van der Waals surface area contributed by atoms with Crippen LogP contribution >= 0.6 is 0 Å². The molecular formula is C17H25N3O. The van der Waals surface area contributed by atoms with E-state index in [1.54, 1.807) is 0 Å². The Labute approximate surface area is 126 Å². The maximum absolute atomic E-state index is 12.3. The quantitative estimate of drug-likeness (QED) is 0.844. The number of hydrogen-bond acceptors (Lipinski definition) is 3. The fourth-order valence-electron chi connectivity index (χ4n) is 2.56. The number of nitrogens with zero attached hydrogens (tertiary/aromatic N) is 1. The van der Waals surface area contributed by atoms with Crippen LogP contribution in [0.25, 0.3) is 0 Å². The van der Waals surface area contributed by atoms with Gasteiger partial charge in [-0.15, -0.1) is 0 Å². The molecule has 2 saturated carbocycles. The van der Waals surface area contributed by atoms with Crippen LogP contribution in [-0.2, 0) is 0 Å². The summed E-state index contributed by atoms with van der Waals surface area (Å²) >= 11 is 0. The van der Waals surface area contributed by atoms with Gasteiger partial charge in [-0.05, 0) is 55.6 Å². The summed E-state index contributed by atoms with van der Waals surface area (Å²) in [6.45, 7) is 4.88. The Morgan fingerprint density at radius 1 is 1.33 bits per heavy atom. The Hall–Kier alpha value is -1.58. The van der Waals surface area contributed by atoms with Crippen molar-refractivity contribution in [2.24, 2.45) is 5.92 Å². The first-order valence-electron chi connectivity index (χ1n) is 8.18. The topological polar surface area (TPSA) is 54.0 Å². The van der Waals surface area contributed by atoms with Crippen molar-refractivity contribution in [2.75, 3.05) is 11.9 Å². The Kier molecular flexibility index (Phi) is 4.13. The van der Waals surface area contributed by atoms with Gasteiger partial charge < -0.3 is 10.6 Å². The molecule has 0 saturated heterocycles. The number of hydrogen-bond donors (Lipinski definition) is 2. The van der Waals surface area contributed by atoms with Gasteiger partial charge in [0.05, 0.1) is 5.69 Å². The molecule has 4 nitrogen and oxygen atoms in total. The van der Waals surface area contributed by atoms with Crippen LogP contribution in [-0.4, -0.2) is 23.5 Å². The fraction of sp³-hybridized carbons (Fsp3) is 0.647. The first kappa shape index (κ1) is 14.4. The first-order chi connectivity index (χ1) is 10.1. The van der Waals surface area contributed by atoms with Crippen molar-refractivity contribution >= 4 is 11.6 Å². The van der Waals surface area contributed by atoms with E-state index in [2.05, 4.69) is 35.5 Å². The molecule has 1 aromatic rings. The highest BCUT2D eigenvalue weighted by molar-refractivity contribution is 5.97. The molecule has 2 aliphatic carbocycles. The lowest BCUT2D eigenvalue weighted by molar-refractivity contribution is 0.0945. The van der Waals surface area contributed by atoms with Crippen molar-refractivity contribution in [3.05, 3.63) is 23.5 Å². The molecule has 1 amide bonds. The van der Waals surface area contributed by atoms with Crippen LogP contribution in [0.5, 0.6) is 0 Å². The van der Waals surface area contributed by atoms with E-state index in [0.717, 1.165) is 5.69 Å². The molecule has 0 aromatic carbocycles. The molecule has 0 aliphatic heterocycles. The normalized spacial score (nSPS) is 18.4. The van der Waals surface area contributed by atoms with E-state index in [4.69, 9.17) is 0 Å². The molecule has 2 aliphatic rings. The van der Waals surface area contributed by atoms with Crippen molar-refractivity contribution in [1.29, 1.82) is 0 Å². The Morgan fingerprint density at radius 2 is 2.10 bits per heavy atom. The molecule has 0 unspecified atom stereocenters. The monoisotopic (exact) mass is 287 g/mol. The van der Waals surface area contributed by atoms with Crippen LogP contribution in [0, 0.1) is 5.92 Å². The van der Waals surface area contributed by atoms with Crippen molar-refractivity contribution in [3.8, 4) is 0 Å². The lowest BCUT2D eigenvalue weighted by Crippen LogP contribution is -2.32. The number of amides is 1. The van der Waals surface area contributed by atoms with Crippen LogP contribution < -0.4 is 10.6 Å². The molecule has 3 rings (SSSR count). The minimum atomic E-state index is -0.0622. The van der Waals surface area contributed by atoms with Gasteiger partial charge >= 0.3 is 0 Å². The summed E-state index contributed by atoms with van der Waals surface area (Å²) in [7, 11) is 0. The zero-order chi connectivity index (χ0) is 14.8. The van der Waals surface area contributed by atoms with Gasteiger partial charge in [-0.3, -0.25) is 4.79 Å². The molecule has 1 aromatic heterocycles. The number of anilines is 1. The standard InChI is InChI=1S/C17H25N3O/c1-11(2)9-19-17(21)16-15(20-14-4-3-5-14)8-13(10-18-16)12-6-7-12/h8,10-12,14,20H,3-7,9H2,1-2H3,(H,19,21). The predicted octanol–water partition coefficient (Wildman–Crippen LogP) is 3.31. The van der Waals surface area contributed by atoms with Crippen LogP contribution in [0.2, 0.25) is 0 Å². The van der Waals surface area contributed by atoms with Gasteiger partial charge in [0.15, 0.2) is 5.69 Å². The number of pyridine rings is 1. The van der Waals surface area contributed by atoms with E-state index in [-0.39, 0.29) is 5.91 Å². The van der Waals surface area contributed by atoms with Crippen molar-refractivity contribution < 1.29 is 4.79 Å². The maximum atomic E-state index is 12.3. The predicted molar refractivity (Wildman–Crippen MR) is 84.6 cm³/mol. The largest absolute Gasteiger partial charge is 0.380 e. The van der Waals surface area contributed by atoms with E-state index in [1.165, 1.54) is 37.7 Å². The molecule has 2 N–H and O–H groups in total. The summed E-state index contributed by atoms with van der Waals surface area (Å²) in [6.07, 6.45) is 8.06. The van der Waals surface area contributed by atoms with Gasteiger partial charge in [0.1, 0.15) is 0 Å². The lowest BCUT2D eigenvalue weighted by atomic mass is 9.92. The summed E-state index contributed by atoms with van der Waals surface area (Å²) in [5, 5.41) is 6.49. The minimum Gasteiger partial charge on any atom is -0.380 e. The molecule has 1 heterocycles. The SMILES string of the molecule is CC(C)CNC(=O)c1ncc(C2CC2)cc1NC1CCC1. The number of rotatable bonds is 6. The average Bonchev–Trinajstić information content (AvgIpc) is 3.24.